The number of fused-ring (bicyclic) bond motifs is 2. The highest BCUT2D eigenvalue weighted by Crippen LogP contribution is 2.28. The quantitative estimate of drug-likeness (QED) is 0.537. The summed E-state index contributed by atoms with van der Waals surface area (Å²) in [6, 6.07) is 15.6. The molecule has 1 aromatic heterocycles. The Morgan fingerprint density at radius 1 is 1.06 bits per heavy atom. The van der Waals surface area contributed by atoms with E-state index in [0.29, 0.717) is 18.5 Å². The molecule has 1 amide bonds. The van der Waals surface area contributed by atoms with E-state index in [1.165, 1.54) is 0 Å². The molecule has 0 atom stereocenters. The Morgan fingerprint density at radius 2 is 1.84 bits per heavy atom. The second-order valence-electron chi connectivity index (χ2n) is 7.89. The predicted molar refractivity (Wildman–Crippen MR) is 123 cm³/mol. The molecular formula is C26H28N2O3. The minimum absolute atomic E-state index is 0.189. The lowest BCUT2D eigenvalue weighted by Crippen LogP contribution is -2.38. The molecule has 0 unspecified atom stereocenters. The van der Waals surface area contributed by atoms with Gasteiger partial charge in [-0.3, -0.25) is 9.78 Å². The van der Waals surface area contributed by atoms with Crippen molar-refractivity contribution in [1.29, 1.82) is 0 Å². The maximum atomic E-state index is 13.2. The van der Waals surface area contributed by atoms with Crippen molar-refractivity contribution in [3.8, 4) is 0 Å². The molecule has 5 nitrogen and oxygen atoms in total. The van der Waals surface area contributed by atoms with E-state index in [2.05, 4.69) is 6.92 Å². The van der Waals surface area contributed by atoms with Gasteiger partial charge in [-0.05, 0) is 48.9 Å². The topological polar surface area (TPSA) is 59.5 Å². The highest BCUT2D eigenvalue weighted by Gasteiger charge is 2.25. The summed E-state index contributed by atoms with van der Waals surface area (Å²) in [5.41, 5.74) is 5.26. The fourth-order valence-electron chi connectivity index (χ4n) is 4.43. The predicted octanol–water partition coefficient (Wildman–Crippen LogP) is 4.89. The van der Waals surface area contributed by atoms with Crippen LogP contribution in [0.25, 0.3) is 10.9 Å². The summed E-state index contributed by atoms with van der Waals surface area (Å²) in [5.74, 6) is -0.642. The Kier molecular flexibility index (Phi) is 6.31. The van der Waals surface area contributed by atoms with Gasteiger partial charge in [0.15, 0.2) is 6.61 Å². The average molecular weight is 417 g/mol. The number of hydrogen-bond acceptors (Lipinski definition) is 4. The summed E-state index contributed by atoms with van der Waals surface area (Å²) in [6.07, 6.45) is 4.30. The average Bonchev–Trinajstić information content (AvgIpc) is 2.81. The number of carbonyl (C=O) groups excluding carboxylic acids is 2. The first-order valence-electron chi connectivity index (χ1n) is 11.1. The van der Waals surface area contributed by atoms with Crippen molar-refractivity contribution in [1.82, 2.24) is 4.98 Å². The highest BCUT2D eigenvalue weighted by atomic mass is 16.5. The zero-order chi connectivity index (χ0) is 21.8. The van der Waals surface area contributed by atoms with E-state index < -0.39 is 5.97 Å². The maximum absolute atomic E-state index is 13.2. The number of benzene rings is 2. The van der Waals surface area contributed by atoms with Crippen LogP contribution in [0.5, 0.6) is 0 Å². The Morgan fingerprint density at radius 3 is 2.65 bits per heavy atom. The number of esters is 1. The van der Waals surface area contributed by atoms with Crippen molar-refractivity contribution in [2.24, 2.45) is 0 Å². The highest BCUT2D eigenvalue weighted by molar-refractivity contribution is 6.06. The van der Waals surface area contributed by atoms with Gasteiger partial charge < -0.3 is 9.64 Å². The van der Waals surface area contributed by atoms with E-state index in [-0.39, 0.29) is 12.5 Å². The number of ether oxygens (including phenoxy) is 1. The molecular weight excluding hydrogens is 388 g/mol. The zero-order valence-corrected chi connectivity index (χ0v) is 18.2. The van der Waals surface area contributed by atoms with Crippen LogP contribution in [0.2, 0.25) is 0 Å². The molecule has 0 radical (unpaired) electrons. The van der Waals surface area contributed by atoms with Crippen LogP contribution in [0.15, 0.2) is 48.5 Å². The van der Waals surface area contributed by atoms with Gasteiger partial charge in [0.05, 0.1) is 11.1 Å². The molecule has 160 valence electrons. The smallest absolute Gasteiger partial charge is 0.339 e. The molecule has 0 bridgehead atoms. The van der Waals surface area contributed by atoms with Gasteiger partial charge in [0.1, 0.15) is 0 Å². The number of rotatable bonds is 6. The summed E-state index contributed by atoms with van der Waals surface area (Å²) >= 11 is 0. The summed E-state index contributed by atoms with van der Waals surface area (Å²) in [5, 5.41) is 0.778. The van der Waals surface area contributed by atoms with Gasteiger partial charge in [0.2, 0.25) is 0 Å². The van der Waals surface area contributed by atoms with Gasteiger partial charge in [-0.15, -0.1) is 0 Å². The number of hydrogen-bond donors (Lipinski definition) is 0. The van der Waals surface area contributed by atoms with Gasteiger partial charge >= 0.3 is 5.97 Å². The van der Waals surface area contributed by atoms with Crippen molar-refractivity contribution in [3.63, 3.8) is 0 Å². The third kappa shape index (κ3) is 4.18. The summed E-state index contributed by atoms with van der Waals surface area (Å²) in [6.45, 7) is 4.50. The minimum Gasteiger partial charge on any atom is -0.452 e. The normalized spacial score (nSPS) is 13.2. The van der Waals surface area contributed by atoms with Gasteiger partial charge in [-0.25, -0.2) is 4.79 Å². The van der Waals surface area contributed by atoms with E-state index in [1.54, 1.807) is 4.90 Å². The van der Waals surface area contributed by atoms with Gasteiger partial charge in [0, 0.05) is 23.3 Å². The first kappa shape index (κ1) is 21.0. The second-order valence-corrected chi connectivity index (χ2v) is 7.89. The van der Waals surface area contributed by atoms with Gasteiger partial charge in [0.25, 0.3) is 5.91 Å². The van der Waals surface area contributed by atoms with E-state index >= 15 is 0 Å². The largest absolute Gasteiger partial charge is 0.452 e. The van der Waals surface area contributed by atoms with Crippen LogP contribution in [-0.2, 0) is 28.8 Å². The molecule has 0 fully saturated rings. The minimum atomic E-state index is -0.452. The van der Waals surface area contributed by atoms with Gasteiger partial charge in [-0.2, -0.15) is 0 Å². The van der Waals surface area contributed by atoms with Crippen molar-refractivity contribution >= 4 is 28.5 Å². The first-order chi connectivity index (χ1) is 15.1. The monoisotopic (exact) mass is 416 g/mol. The molecule has 0 spiro atoms. The number of pyridine rings is 1. The number of anilines is 1. The van der Waals surface area contributed by atoms with Crippen LogP contribution in [0.4, 0.5) is 5.69 Å². The SMILES string of the molecule is CCCc1nc2ccccc2c(C(=O)OCC(=O)N2CCCc3ccccc32)c1CC. The molecule has 2 aromatic carbocycles. The number of carbonyl (C=O) groups is 2. The lowest BCUT2D eigenvalue weighted by molar-refractivity contribution is -0.121. The van der Waals surface area contributed by atoms with Crippen molar-refractivity contribution in [2.45, 2.75) is 46.0 Å². The molecule has 31 heavy (non-hydrogen) atoms. The Hall–Kier alpha value is -3.21. The summed E-state index contributed by atoms with van der Waals surface area (Å²) in [7, 11) is 0. The van der Waals surface area contributed by atoms with Crippen LogP contribution < -0.4 is 4.90 Å². The molecule has 5 heteroatoms. The van der Waals surface area contributed by atoms with Crippen LogP contribution >= 0.6 is 0 Å². The van der Waals surface area contributed by atoms with Crippen molar-refractivity contribution in [3.05, 3.63) is 70.9 Å². The molecule has 1 aliphatic rings. The van der Waals surface area contributed by atoms with Crippen LogP contribution in [0.3, 0.4) is 0 Å². The molecule has 2 heterocycles. The molecule has 0 N–H and O–H groups in total. The number of amides is 1. The molecule has 4 rings (SSSR count). The lowest BCUT2D eigenvalue weighted by atomic mass is 9.96. The molecule has 3 aromatic rings. The van der Waals surface area contributed by atoms with E-state index in [0.717, 1.165) is 59.1 Å². The van der Waals surface area contributed by atoms with Crippen molar-refractivity contribution < 1.29 is 14.3 Å². The molecule has 0 saturated carbocycles. The van der Waals surface area contributed by atoms with Crippen molar-refractivity contribution in [2.75, 3.05) is 18.1 Å². The van der Waals surface area contributed by atoms with Crippen LogP contribution in [0.1, 0.15) is 53.9 Å². The molecule has 0 saturated heterocycles. The summed E-state index contributed by atoms with van der Waals surface area (Å²) in [4.78, 5) is 32.7. The fraction of sp³-hybridized carbons (Fsp3) is 0.346. The Labute approximate surface area is 183 Å². The lowest BCUT2D eigenvalue weighted by Gasteiger charge is -2.29. The van der Waals surface area contributed by atoms with Crippen LogP contribution in [0, 0.1) is 0 Å². The summed E-state index contributed by atoms with van der Waals surface area (Å²) < 4.78 is 5.58. The third-order valence-electron chi connectivity index (χ3n) is 5.86. The maximum Gasteiger partial charge on any atom is 0.339 e. The van der Waals surface area contributed by atoms with E-state index in [9.17, 15) is 9.59 Å². The zero-order valence-electron chi connectivity index (χ0n) is 18.2. The molecule has 0 aliphatic carbocycles. The fourth-order valence-corrected chi connectivity index (χ4v) is 4.43. The van der Waals surface area contributed by atoms with E-state index in [1.807, 2.05) is 55.5 Å². The van der Waals surface area contributed by atoms with Crippen LogP contribution in [-0.4, -0.2) is 30.0 Å². The first-order valence-corrected chi connectivity index (χ1v) is 11.1. The third-order valence-corrected chi connectivity index (χ3v) is 5.86. The van der Waals surface area contributed by atoms with Gasteiger partial charge in [-0.1, -0.05) is 56.7 Å². The van der Waals surface area contributed by atoms with E-state index in [4.69, 9.17) is 9.72 Å². The Bertz CT molecular complexity index is 1120. The Balaban J connectivity index is 1.60. The number of aryl methyl sites for hydroxylation is 2. The number of aromatic nitrogens is 1. The second kappa shape index (κ2) is 9.29. The number of nitrogens with zero attached hydrogens (tertiary/aromatic N) is 2. The molecule has 1 aliphatic heterocycles. The number of para-hydroxylation sites is 2. The standard InChI is InChI=1S/C26H28N2O3/c1-3-10-21-19(4-2)25(20-13-6-7-14-22(20)27-21)26(30)31-17-24(29)28-16-9-12-18-11-5-8-15-23(18)28/h5-8,11,13-15H,3-4,9-10,12,16-17H2,1-2H3.